The summed E-state index contributed by atoms with van der Waals surface area (Å²) in [5.74, 6) is -1.68. The van der Waals surface area contributed by atoms with Gasteiger partial charge in [-0.15, -0.1) is 0 Å². The van der Waals surface area contributed by atoms with E-state index in [1.54, 1.807) is 0 Å². The summed E-state index contributed by atoms with van der Waals surface area (Å²) in [4.78, 5) is 10.6. The number of aromatic carboxylic acids is 1. The molecule has 0 bridgehead atoms. The Bertz CT molecular complexity index is 339. The van der Waals surface area contributed by atoms with Crippen molar-refractivity contribution in [3.8, 4) is 17.2 Å². The molecule has 0 saturated carbocycles. The van der Waals surface area contributed by atoms with Crippen LogP contribution >= 0.6 is 0 Å². The molecule has 0 amide bonds. The van der Waals surface area contributed by atoms with Gasteiger partial charge in [-0.1, -0.05) is 0 Å². The molecule has 1 radical (unpaired) electrons. The first-order chi connectivity index (χ1) is 6.60. The molecule has 0 aromatic heterocycles. The molecule has 85 valence electrons. The van der Waals surface area contributed by atoms with Crippen molar-refractivity contribution in [3.05, 3.63) is 17.7 Å². The first kappa shape index (κ1) is 13.6. The van der Waals surface area contributed by atoms with Crippen LogP contribution in [0.1, 0.15) is 10.4 Å². The normalized spacial score (nSPS) is 8.93. The van der Waals surface area contributed by atoms with Gasteiger partial charge in [-0.2, -0.15) is 0 Å². The van der Waals surface area contributed by atoms with Gasteiger partial charge in [0.05, 0.1) is 19.8 Å². The fourth-order valence-electron chi connectivity index (χ4n) is 1.00. The number of carboxylic acid groups (broad SMARTS) is 1. The minimum absolute atomic E-state index is 0. The van der Waals surface area contributed by atoms with Crippen molar-refractivity contribution >= 4 is 5.97 Å². The van der Waals surface area contributed by atoms with Crippen LogP contribution in [0.25, 0.3) is 0 Å². The standard InChI is InChI=1S/C9H10O5.Cu/c1-13-6-3-5(9(11)12)4-7(14-2)8(6)10;/h3-4,10H,1-2H3,(H,11,12);/q;+2/p-1. The van der Waals surface area contributed by atoms with Crippen molar-refractivity contribution in [2.45, 2.75) is 0 Å². The van der Waals surface area contributed by atoms with E-state index in [2.05, 4.69) is 0 Å². The average molecular weight is 261 g/mol. The number of carboxylic acids is 1. The maximum absolute atomic E-state index is 11.4. The molecule has 0 spiro atoms. The van der Waals surface area contributed by atoms with Gasteiger partial charge in [0.2, 0.25) is 0 Å². The van der Waals surface area contributed by atoms with Crippen LogP contribution in [-0.4, -0.2) is 25.3 Å². The number of rotatable bonds is 3. The summed E-state index contributed by atoms with van der Waals surface area (Å²) in [5.41, 5.74) is -0.0432. The fourth-order valence-corrected chi connectivity index (χ4v) is 1.00. The molecule has 0 atom stereocenters. The van der Waals surface area contributed by atoms with Gasteiger partial charge in [0.1, 0.15) is 11.5 Å². The molecule has 0 heterocycles. The van der Waals surface area contributed by atoms with Crippen LogP contribution in [0.15, 0.2) is 12.1 Å². The fraction of sp³-hybridized carbons (Fsp3) is 0.222. The van der Waals surface area contributed by atoms with Crippen LogP contribution in [0.5, 0.6) is 17.2 Å². The largest absolute Gasteiger partial charge is 2.00 e. The molecule has 0 saturated heterocycles. The summed E-state index contributed by atoms with van der Waals surface area (Å²) >= 11 is 0. The van der Waals surface area contributed by atoms with Gasteiger partial charge in [-0.05, 0) is 17.9 Å². The number of ether oxygens (including phenoxy) is 2. The molecule has 0 aliphatic heterocycles. The van der Waals surface area contributed by atoms with E-state index in [4.69, 9.17) is 14.6 Å². The average Bonchev–Trinajstić information content (AvgIpc) is 2.17. The van der Waals surface area contributed by atoms with E-state index in [-0.39, 0.29) is 34.1 Å². The number of carbonyl (C=O) groups is 1. The molecule has 15 heavy (non-hydrogen) atoms. The Morgan fingerprint density at radius 3 is 1.93 bits per heavy atom. The van der Waals surface area contributed by atoms with E-state index in [0.717, 1.165) is 12.1 Å². The second-order valence-corrected chi connectivity index (χ2v) is 2.52. The third kappa shape index (κ3) is 2.78. The van der Waals surface area contributed by atoms with E-state index in [1.165, 1.54) is 14.2 Å². The Balaban J connectivity index is 0.00000196. The van der Waals surface area contributed by atoms with E-state index < -0.39 is 11.7 Å². The SMILES string of the molecule is COc1cc(C(=O)O)cc(OC)c1[O-].[Cu+2]. The third-order valence-electron chi connectivity index (χ3n) is 1.71. The molecule has 0 fully saturated rings. The first-order valence-corrected chi connectivity index (χ1v) is 3.76. The second-order valence-electron chi connectivity index (χ2n) is 2.52. The Morgan fingerprint density at radius 2 is 1.67 bits per heavy atom. The van der Waals surface area contributed by atoms with Gasteiger partial charge in [-0.3, -0.25) is 0 Å². The zero-order valence-corrected chi connectivity index (χ0v) is 8.98. The van der Waals surface area contributed by atoms with Gasteiger partial charge in [-0.25, -0.2) is 4.79 Å². The zero-order valence-electron chi connectivity index (χ0n) is 8.04. The zero-order chi connectivity index (χ0) is 10.7. The summed E-state index contributed by atoms with van der Waals surface area (Å²) in [6, 6.07) is 2.32. The first-order valence-electron chi connectivity index (χ1n) is 3.76. The van der Waals surface area contributed by atoms with Crippen molar-refractivity contribution in [3.63, 3.8) is 0 Å². The molecular weight excluding hydrogens is 252 g/mol. The number of hydrogen-bond donors (Lipinski definition) is 1. The molecule has 1 N–H and O–H groups in total. The predicted octanol–water partition coefficient (Wildman–Crippen LogP) is 0.473. The molecule has 1 aromatic carbocycles. The van der Waals surface area contributed by atoms with Crippen molar-refractivity contribution in [2.75, 3.05) is 14.2 Å². The Kier molecular flexibility index (Phi) is 4.97. The van der Waals surface area contributed by atoms with Gasteiger partial charge in [0.15, 0.2) is 0 Å². The van der Waals surface area contributed by atoms with E-state index in [1.807, 2.05) is 0 Å². The molecule has 1 rings (SSSR count). The van der Waals surface area contributed by atoms with Crippen LogP contribution < -0.4 is 14.6 Å². The van der Waals surface area contributed by atoms with Crippen molar-refractivity contribution < 1.29 is 41.5 Å². The Labute approximate surface area is 97.1 Å². The molecule has 1 aromatic rings. The molecule has 0 aliphatic rings. The molecule has 0 unspecified atom stereocenters. The third-order valence-corrected chi connectivity index (χ3v) is 1.71. The second kappa shape index (κ2) is 5.48. The van der Waals surface area contributed by atoms with Gasteiger partial charge in [0, 0.05) is 0 Å². The summed E-state index contributed by atoms with van der Waals surface area (Å²) in [7, 11) is 2.59. The van der Waals surface area contributed by atoms with Gasteiger partial charge in [0.25, 0.3) is 0 Å². The maximum Gasteiger partial charge on any atom is 2.00 e. The van der Waals surface area contributed by atoms with E-state index in [0.29, 0.717) is 0 Å². The topological polar surface area (TPSA) is 78.8 Å². The number of hydrogen-bond acceptors (Lipinski definition) is 4. The number of methoxy groups -OCH3 is 2. The summed E-state index contributed by atoms with van der Waals surface area (Å²) in [6.07, 6.45) is 0. The summed E-state index contributed by atoms with van der Waals surface area (Å²) in [5, 5.41) is 20.1. The summed E-state index contributed by atoms with van der Waals surface area (Å²) < 4.78 is 9.44. The minimum Gasteiger partial charge on any atom is -0.867 e. The molecule has 6 heteroatoms. The molecular formula is C9H9CuO5+. The van der Waals surface area contributed by atoms with Crippen molar-refractivity contribution in [2.24, 2.45) is 0 Å². The monoisotopic (exact) mass is 260 g/mol. The maximum atomic E-state index is 11.4. The summed E-state index contributed by atoms with van der Waals surface area (Å²) in [6.45, 7) is 0. The van der Waals surface area contributed by atoms with E-state index in [9.17, 15) is 9.90 Å². The Hall–Kier alpha value is -1.39. The number of benzene rings is 1. The van der Waals surface area contributed by atoms with Gasteiger partial charge < -0.3 is 19.7 Å². The van der Waals surface area contributed by atoms with Crippen LogP contribution in [0, 0.1) is 0 Å². The predicted molar refractivity (Wildman–Crippen MR) is 46.0 cm³/mol. The molecule has 5 nitrogen and oxygen atoms in total. The van der Waals surface area contributed by atoms with E-state index >= 15 is 0 Å². The minimum atomic E-state index is -1.14. The van der Waals surface area contributed by atoms with Gasteiger partial charge >= 0.3 is 23.0 Å². The van der Waals surface area contributed by atoms with Crippen molar-refractivity contribution in [1.29, 1.82) is 0 Å². The van der Waals surface area contributed by atoms with Crippen molar-refractivity contribution in [1.82, 2.24) is 0 Å². The van der Waals surface area contributed by atoms with Crippen LogP contribution in [0.2, 0.25) is 0 Å². The Morgan fingerprint density at radius 1 is 1.27 bits per heavy atom. The quantitative estimate of drug-likeness (QED) is 0.800. The smallest absolute Gasteiger partial charge is 0.867 e. The molecule has 0 aliphatic carbocycles. The van der Waals surface area contributed by atoms with Crippen LogP contribution in [0.3, 0.4) is 0 Å². The van der Waals surface area contributed by atoms with Crippen LogP contribution in [0.4, 0.5) is 0 Å². The van der Waals surface area contributed by atoms with Crippen LogP contribution in [-0.2, 0) is 17.1 Å².